The van der Waals surface area contributed by atoms with Gasteiger partial charge in [0.25, 0.3) is 0 Å². The van der Waals surface area contributed by atoms with Crippen LogP contribution in [0.3, 0.4) is 0 Å². The Balaban J connectivity index is 1.32. The van der Waals surface area contributed by atoms with Crippen LogP contribution >= 0.6 is 170 Å². The Morgan fingerprint density at radius 2 is 1.03 bits per heavy atom. The summed E-state index contributed by atoms with van der Waals surface area (Å²) in [6.45, 7) is 0. The molecule has 3 aliphatic rings. The molecule has 2 aliphatic carbocycles. The van der Waals surface area contributed by atoms with Gasteiger partial charge in [0, 0.05) is 46.4 Å². The molecule has 1 heterocycles. The molecule has 0 bridgehead atoms. The van der Waals surface area contributed by atoms with Gasteiger partial charge in [0.05, 0.1) is 18.3 Å². The zero-order valence-corrected chi connectivity index (χ0v) is 30.7. The molecule has 3 rings (SSSR count). The third kappa shape index (κ3) is 11.3. The number of hydrogen-bond acceptors (Lipinski definition) is 14. The summed E-state index contributed by atoms with van der Waals surface area (Å²) in [5.74, 6) is 1.32. The number of rotatable bonds is 16. The molecule has 200 valence electrons. The minimum atomic E-state index is 0.540. The highest BCUT2D eigenvalue weighted by atomic mass is 32.3. The summed E-state index contributed by atoms with van der Waals surface area (Å²) >= 11 is 44.7. The third-order valence-corrected chi connectivity index (χ3v) is 20.9. The summed E-state index contributed by atoms with van der Waals surface area (Å²) in [4.78, 5) is 0. The van der Waals surface area contributed by atoms with E-state index in [9.17, 15) is 0 Å². The lowest BCUT2D eigenvalue weighted by molar-refractivity contribution is 0.339. The van der Waals surface area contributed by atoms with Gasteiger partial charge in [-0.1, -0.05) is 0 Å². The van der Waals surface area contributed by atoms with Crippen molar-refractivity contribution in [3.8, 4) is 0 Å². The van der Waals surface area contributed by atoms with Crippen LogP contribution in [0.25, 0.3) is 0 Å². The second-order valence-corrected chi connectivity index (χ2v) is 24.4. The first-order valence-electron chi connectivity index (χ1n) is 11.3. The molecule has 1 saturated heterocycles. The number of hydrogen-bond donors (Lipinski definition) is 6. The number of thioether (sulfide) groups is 8. The van der Waals surface area contributed by atoms with Crippen LogP contribution in [0.2, 0.25) is 0 Å². The highest BCUT2D eigenvalue weighted by molar-refractivity contribution is 8.32. The molecule has 1 aliphatic heterocycles. The van der Waals surface area contributed by atoms with E-state index in [0.29, 0.717) is 42.0 Å². The van der Waals surface area contributed by atoms with Crippen molar-refractivity contribution in [1.29, 1.82) is 0 Å². The smallest absolute Gasteiger partial charge is 0.0537 e. The van der Waals surface area contributed by atoms with Crippen molar-refractivity contribution in [1.82, 2.24) is 0 Å². The zero-order chi connectivity index (χ0) is 24.5. The van der Waals surface area contributed by atoms with Crippen LogP contribution in [0, 0.1) is 11.8 Å². The Morgan fingerprint density at radius 1 is 0.618 bits per heavy atom. The van der Waals surface area contributed by atoms with Crippen LogP contribution in [-0.2, 0) is 0 Å². The minimum absolute atomic E-state index is 0.540. The molecule has 0 nitrogen and oxygen atoms in total. The van der Waals surface area contributed by atoms with Crippen LogP contribution < -0.4 is 0 Å². The van der Waals surface area contributed by atoms with Crippen LogP contribution in [0.4, 0.5) is 0 Å². The Kier molecular flexibility index (Phi) is 18.1. The van der Waals surface area contributed by atoms with Crippen molar-refractivity contribution >= 4 is 170 Å². The van der Waals surface area contributed by atoms with Crippen molar-refractivity contribution in [2.75, 3.05) is 25.4 Å². The van der Waals surface area contributed by atoms with Gasteiger partial charge in [0.2, 0.25) is 0 Å². The fourth-order valence-corrected chi connectivity index (χ4v) is 21.6. The molecule has 14 heteroatoms. The highest BCUT2D eigenvalue weighted by Gasteiger charge is 2.39. The molecular weight excluding hydrogens is 689 g/mol. The second-order valence-electron chi connectivity index (χ2n) is 8.44. The van der Waals surface area contributed by atoms with E-state index in [1.54, 1.807) is 0 Å². The maximum atomic E-state index is 4.74. The molecule has 2 saturated carbocycles. The van der Waals surface area contributed by atoms with Crippen LogP contribution in [-0.4, -0.2) is 64.8 Å². The SMILES string of the molecule is SCSC(CC1C(S)CC1S)SCSC1CC(SCSC(CC2C(S)CC2S)SCS)SCS1. The van der Waals surface area contributed by atoms with Crippen molar-refractivity contribution in [2.45, 2.75) is 71.4 Å². The van der Waals surface area contributed by atoms with Gasteiger partial charge in [-0.2, -0.15) is 75.8 Å². The van der Waals surface area contributed by atoms with E-state index in [-0.39, 0.29) is 0 Å². The summed E-state index contributed by atoms with van der Waals surface area (Å²) in [6, 6.07) is 0. The van der Waals surface area contributed by atoms with E-state index >= 15 is 0 Å². The molecule has 0 aromatic heterocycles. The van der Waals surface area contributed by atoms with E-state index in [2.05, 4.69) is 95.8 Å². The Labute approximate surface area is 275 Å². The van der Waals surface area contributed by atoms with Gasteiger partial charge in [0.1, 0.15) is 0 Å². The molecule has 0 spiro atoms. The first-order valence-corrected chi connectivity index (χ1v) is 23.0. The Bertz CT molecular complexity index is 507. The van der Waals surface area contributed by atoms with E-state index in [1.165, 1.54) is 34.5 Å². The first-order chi connectivity index (χ1) is 16.4. The monoisotopic (exact) mass is 724 g/mol. The molecule has 8 atom stereocenters. The molecule has 0 radical (unpaired) electrons. The van der Waals surface area contributed by atoms with Crippen molar-refractivity contribution in [2.24, 2.45) is 11.8 Å². The molecule has 3 fully saturated rings. The average Bonchev–Trinajstić information content (AvgIpc) is 2.81. The van der Waals surface area contributed by atoms with E-state index < -0.39 is 0 Å². The number of thiol groups is 6. The summed E-state index contributed by atoms with van der Waals surface area (Å²) in [6.07, 6.45) is 6.05. The van der Waals surface area contributed by atoms with Crippen LogP contribution in [0.1, 0.15) is 32.1 Å². The van der Waals surface area contributed by atoms with Gasteiger partial charge in [-0.05, 0) is 43.9 Å². The molecular formula is C20H36S14. The van der Waals surface area contributed by atoms with Crippen LogP contribution in [0.15, 0.2) is 0 Å². The predicted octanol–water partition coefficient (Wildman–Crippen LogP) is 9.22. The van der Waals surface area contributed by atoms with Gasteiger partial charge < -0.3 is 0 Å². The third-order valence-electron chi connectivity index (χ3n) is 6.30. The average molecular weight is 725 g/mol. The molecule has 0 N–H and O–H groups in total. The van der Waals surface area contributed by atoms with Crippen LogP contribution in [0.5, 0.6) is 0 Å². The Hall–Kier alpha value is 4.90. The summed E-state index contributed by atoms with van der Waals surface area (Å²) in [5, 5.41) is 7.53. The first kappa shape index (κ1) is 33.4. The van der Waals surface area contributed by atoms with Gasteiger partial charge in [-0.15, -0.1) is 94.1 Å². The van der Waals surface area contributed by atoms with Gasteiger partial charge in [0.15, 0.2) is 0 Å². The van der Waals surface area contributed by atoms with Crippen molar-refractivity contribution in [3.05, 3.63) is 0 Å². The zero-order valence-electron chi connectivity index (χ0n) is 18.8. The topological polar surface area (TPSA) is 0 Å². The quantitative estimate of drug-likeness (QED) is 0.0681. The van der Waals surface area contributed by atoms with E-state index in [1.807, 2.05) is 23.5 Å². The lowest BCUT2D eigenvalue weighted by Gasteiger charge is -2.41. The highest BCUT2D eigenvalue weighted by Crippen LogP contribution is 2.49. The molecule has 0 aromatic rings. The molecule has 8 unspecified atom stereocenters. The standard InChI is InChI=1S/C20H36S14/c21-6-27-17(1-11-13(23)3-14(11)24)29-8-31-19-5-20(34-10-33-19)32-9-30-18(28-7-22)2-12-15(25)4-16(12)26/h11-26H,1-10H2. The Morgan fingerprint density at radius 3 is 1.38 bits per heavy atom. The summed E-state index contributed by atoms with van der Waals surface area (Å²) < 4.78 is 2.69. The predicted molar refractivity (Wildman–Crippen MR) is 199 cm³/mol. The lowest BCUT2D eigenvalue weighted by atomic mass is 9.82. The summed E-state index contributed by atoms with van der Waals surface area (Å²) in [5.41, 5.74) is 0. The fraction of sp³-hybridized carbons (Fsp3) is 1.00. The van der Waals surface area contributed by atoms with Crippen molar-refractivity contribution in [3.63, 3.8) is 0 Å². The van der Waals surface area contributed by atoms with Gasteiger partial charge in [-0.3, -0.25) is 0 Å². The van der Waals surface area contributed by atoms with Gasteiger partial charge in [-0.25, -0.2) is 0 Å². The largest absolute Gasteiger partial charge is 0.176 e. The van der Waals surface area contributed by atoms with E-state index in [0.717, 1.165) is 32.2 Å². The normalized spacial score (nSPS) is 37.6. The van der Waals surface area contributed by atoms with E-state index in [4.69, 9.17) is 50.5 Å². The molecule has 0 amide bonds. The molecule has 34 heavy (non-hydrogen) atoms. The maximum Gasteiger partial charge on any atom is 0.0537 e. The maximum absolute atomic E-state index is 4.74. The van der Waals surface area contributed by atoms with Crippen molar-refractivity contribution < 1.29 is 0 Å². The molecule has 0 aromatic carbocycles. The lowest BCUT2D eigenvalue weighted by Crippen LogP contribution is -2.40. The minimum Gasteiger partial charge on any atom is -0.176 e. The fourth-order valence-electron chi connectivity index (χ4n) is 4.02. The summed E-state index contributed by atoms with van der Waals surface area (Å²) in [7, 11) is 0. The van der Waals surface area contributed by atoms with Gasteiger partial charge >= 0.3 is 0 Å². The second kappa shape index (κ2) is 18.4.